The fourth-order valence-corrected chi connectivity index (χ4v) is 4.58. The number of esters is 1. The summed E-state index contributed by atoms with van der Waals surface area (Å²) in [5.41, 5.74) is 3.39. The summed E-state index contributed by atoms with van der Waals surface area (Å²) in [4.78, 5) is 31.2. The fourth-order valence-electron chi connectivity index (χ4n) is 3.71. The molecule has 8 nitrogen and oxygen atoms in total. The smallest absolute Gasteiger partial charge is 0.340 e. The first-order chi connectivity index (χ1) is 16.4. The molecular formula is C25H25N3O5S. The highest BCUT2D eigenvalue weighted by Crippen LogP contribution is 2.35. The summed E-state index contributed by atoms with van der Waals surface area (Å²) in [6.45, 7) is 5.82. The molecule has 0 saturated heterocycles. The summed E-state index contributed by atoms with van der Waals surface area (Å²) in [7, 11) is 1.55. The van der Waals surface area contributed by atoms with Crippen LogP contribution in [-0.4, -0.2) is 28.5 Å². The standard InChI is InChI=1S/C25H25N3O5S/c1-16-12-21(17(2)27(16)13-20-8-7-11-32-20)24(30)33-14-19-15-34-25(26-19)28(18(3)29)22-9-5-6-10-23(22)31-4/h5-12,15H,13-14H2,1-4H3. The third kappa shape index (κ3) is 4.74. The highest BCUT2D eigenvalue weighted by atomic mass is 32.1. The van der Waals surface area contributed by atoms with Crippen molar-refractivity contribution in [3.8, 4) is 5.75 Å². The van der Waals surface area contributed by atoms with Gasteiger partial charge in [0.05, 0.1) is 36.9 Å². The van der Waals surface area contributed by atoms with Crippen molar-refractivity contribution >= 4 is 34.0 Å². The number of ether oxygens (including phenoxy) is 2. The Labute approximate surface area is 201 Å². The van der Waals surface area contributed by atoms with E-state index in [0.29, 0.717) is 34.4 Å². The quantitative estimate of drug-likeness (QED) is 0.321. The topological polar surface area (TPSA) is 86.8 Å². The van der Waals surface area contributed by atoms with Gasteiger partial charge in [-0.2, -0.15) is 0 Å². The van der Waals surface area contributed by atoms with Gasteiger partial charge in [0.2, 0.25) is 5.91 Å². The van der Waals surface area contributed by atoms with E-state index in [-0.39, 0.29) is 12.5 Å². The van der Waals surface area contributed by atoms with Crippen molar-refractivity contribution < 1.29 is 23.5 Å². The summed E-state index contributed by atoms with van der Waals surface area (Å²) in [5.74, 6) is 0.737. The van der Waals surface area contributed by atoms with E-state index in [0.717, 1.165) is 17.1 Å². The second-order valence-electron chi connectivity index (χ2n) is 7.67. The highest BCUT2D eigenvalue weighted by Gasteiger charge is 2.22. The molecule has 0 aliphatic rings. The average Bonchev–Trinajstić information content (AvgIpc) is 3.56. The number of aryl methyl sites for hydroxylation is 1. The number of nitrogens with zero attached hydrogens (tertiary/aromatic N) is 3. The van der Waals surface area contributed by atoms with Crippen molar-refractivity contribution in [2.75, 3.05) is 12.0 Å². The Morgan fingerprint density at radius 2 is 1.97 bits per heavy atom. The lowest BCUT2D eigenvalue weighted by Gasteiger charge is -2.20. The minimum atomic E-state index is -0.429. The van der Waals surface area contributed by atoms with E-state index in [9.17, 15) is 9.59 Å². The summed E-state index contributed by atoms with van der Waals surface area (Å²) >= 11 is 1.29. The Hall–Kier alpha value is -3.85. The average molecular weight is 480 g/mol. The number of rotatable bonds is 8. The van der Waals surface area contributed by atoms with Gasteiger partial charge in [0.1, 0.15) is 18.1 Å². The maximum Gasteiger partial charge on any atom is 0.340 e. The van der Waals surface area contributed by atoms with Gasteiger partial charge >= 0.3 is 5.97 Å². The first-order valence-electron chi connectivity index (χ1n) is 10.6. The summed E-state index contributed by atoms with van der Waals surface area (Å²) < 4.78 is 18.4. The first kappa shape index (κ1) is 23.3. The maximum absolute atomic E-state index is 12.8. The minimum absolute atomic E-state index is 0.00510. The van der Waals surface area contributed by atoms with Crippen LogP contribution in [0.4, 0.5) is 10.8 Å². The van der Waals surface area contributed by atoms with Crippen LogP contribution in [0.3, 0.4) is 0 Å². The molecule has 3 aromatic heterocycles. The van der Waals surface area contributed by atoms with Crippen molar-refractivity contribution in [2.24, 2.45) is 0 Å². The third-order valence-corrected chi connectivity index (χ3v) is 6.29. The van der Waals surface area contributed by atoms with Crippen LogP contribution >= 0.6 is 11.3 Å². The van der Waals surface area contributed by atoms with Gasteiger partial charge in [0.25, 0.3) is 0 Å². The number of furan rings is 1. The van der Waals surface area contributed by atoms with Crippen LogP contribution in [0.5, 0.6) is 5.75 Å². The van der Waals surface area contributed by atoms with Crippen molar-refractivity contribution in [3.05, 3.63) is 82.5 Å². The van der Waals surface area contributed by atoms with Crippen LogP contribution in [0, 0.1) is 13.8 Å². The maximum atomic E-state index is 12.8. The van der Waals surface area contributed by atoms with Crippen LogP contribution in [0.25, 0.3) is 0 Å². The normalized spacial score (nSPS) is 10.8. The fraction of sp³-hybridized carbons (Fsp3) is 0.240. The van der Waals surface area contributed by atoms with Gasteiger partial charge in [-0.25, -0.2) is 9.78 Å². The monoisotopic (exact) mass is 479 g/mol. The largest absolute Gasteiger partial charge is 0.495 e. The molecule has 0 spiro atoms. The molecule has 0 radical (unpaired) electrons. The number of thiazole rings is 1. The van der Waals surface area contributed by atoms with Gasteiger partial charge in [-0.15, -0.1) is 11.3 Å². The number of anilines is 2. The Bertz CT molecular complexity index is 1310. The SMILES string of the molecule is COc1ccccc1N(C(C)=O)c1nc(COC(=O)c2cc(C)n(Cc3ccco3)c2C)cs1. The molecule has 0 aliphatic carbocycles. The van der Waals surface area contributed by atoms with E-state index in [1.165, 1.54) is 23.2 Å². The zero-order chi connectivity index (χ0) is 24.2. The van der Waals surface area contributed by atoms with Crippen LogP contribution in [-0.2, 0) is 22.7 Å². The molecule has 0 aliphatic heterocycles. The van der Waals surface area contributed by atoms with E-state index < -0.39 is 5.97 Å². The van der Waals surface area contributed by atoms with Crippen LogP contribution in [0.1, 0.15) is 40.1 Å². The molecule has 4 rings (SSSR count). The zero-order valence-electron chi connectivity index (χ0n) is 19.4. The number of hydrogen-bond acceptors (Lipinski definition) is 7. The predicted octanol–water partition coefficient (Wildman–Crippen LogP) is 5.25. The van der Waals surface area contributed by atoms with Gasteiger partial charge in [-0.3, -0.25) is 9.69 Å². The Morgan fingerprint density at radius 3 is 2.68 bits per heavy atom. The van der Waals surface area contributed by atoms with Crippen molar-refractivity contribution in [3.63, 3.8) is 0 Å². The molecule has 0 fully saturated rings. The van der Waals surface area contributed by atoms with E-state index >= 15 is 0 Å². The van der Waals surface area contributed by atoms with Crippen LogP contribution < -0.4 is 9.64 Å². The third-order valence-electron chi connectivity index (χ3n) is 5.41. The minimum Gasteiger partial charge on any atom is -0.495 e. The van der Waals surface area contributed by atoms with Crippen molar-refractivity contribution in [1.29, 1.82) is 0 Å². The van der Waals surface area contributed by atoms with Gasteiger partial charge in [-0.05, 0) is 44.2 Å². The lowest BCUT2D eigenvalue weighted by molar-refractivity contribution is -0.115. The molecule has 9 heteroatoms. The molecular weight excluding hydrogens is 454 g/mol. The van der Waals surface area contributed by atoms with Crippen molar-refractivity contribution in [2.45, 2.75) is 33.9 Å². The van der Waals surface area contributed by atoms with Crippen LogP contribution in [0.15, 0.2) is 58.5 Å². The highest BCUT2D eigenvalue weighted by molar-refractivity contribution is 7.14. The molecule has 0 N–H and O–H groups in total. The molecule has 3 heterocycles. The summed E-state index contributed by atoms with van der Waals surface area (Å²) in [5, 5.41) is 2.24. The lowest BCUT2D eigenvalue weighted by atomic mass is 10.2. The Kier molecular flexibility index (Phi) is 6.83. The number of amides is 1. The Balaban J connectivity index is 1.48. The second kappa shape index (κ2) is 9.96. The molecule has 176 valence electrons. The van der Waals surface area contributed by atoms with Gasteiger partial charge < -0.3 is 18.5 Å². The molecule has 0 unspecified atom stereocenters. The van der Waals surface area contributed by atoms with E-state index in [2.05, 4.69) is 4.98 Å². The van der Waals surface area contributed by atoms with E-state index in [1.807, 2.05) is 48.7 Å². The number of carbonyl (C=O) groups excluding carboxylic acids is 2. The molecule has 34 heavy (non-hydrogen) atoms. The zero-order valence-corrected chi connectivity index (χ0v) is 20.2. The van der Waals surface area contributed by atoms with Gasteiger partial charge in [0, 0.05) is 23.7 Å². The summed E-state index contributed by atoms with van der Waals surface area (Å²) in [6.07, 6.45) is 1.63. The van der Waals surface area contributed by atoms with E-state index in [4.69, 9.17) is 13.9 Å². The summed E-state index contributed by atoms with van der Waals surface area (Å²) in [6, 6.07) is 12.8. The molecule has 0 saturated carbocycles. The van der Waals surface area contributed by atoms with Crippen molar-refractivity contribution in [1.82, 2.24) is 9.55 Å². The predicted molar refractivity (Wildman–Crippen MR) is 129 cm³/mol. The molecule has 0 atom stereocenters. The number of carbonyl (C=O) groups is 2. The molecule has 1 aromatic carbocycles. The first-order valence-corrected chi connectivity index (χ1v) is 11.5. The number of para-hydroxylation sites is 2. The number of hydrogen-bond donors (Lipinski definition) is 0. The second-order valence-corrected chi connectivity index (χ2v) is 8.51. The molecule has 4 aromatic rings. The van der Waals surface area contributed by atoms with Crippen LogP contribution in [0.2, 0.25) is 0 Å². The number of benzene rings is 1. The lowest BCUT2D eigenvalue weighted by Crippen LogP contribution is -2.23. The number of methoxy groups -OCH3 is 1. The Morgan fingerprint density at radius 1 is 1.18 bits per heavy atom. The van der Waals surface area contributed by atoms with Gasteiger partial charge in [-0.1, -0.05) is 12.1 Å². The number of aromatic nitrogens is 2. The van der Waals surface area contributed by atoms with E-state index in [1.54, 1.807) is 30.9 Å². The molecule has 0 bridgehead atoms. The molecule has 1 amide bonds. The van der Waals surface area contributed by atoms with Gasteiger partial charge in [0.15, 0.2) is 5.13 Å².